The van der Waals surface area contributed by atoms with Crippen molar-refractivity contribution >= 4 is 42.8 Å². The molecule has 0 spiro atoms. The van der Waals surface area contributed by atoms with Gasteiger partial charge in [-0.05, 0) is 59.7 Å². The van der Waals surface area contributed by atoms with Crippen LogP contribution in [0.1, 0.15) is 23.2 Å². The highest BCUT2D eigenvalue weighted by molar-refractivity contribution is 7.80. The van der Waals surface area contributed by atoms with E-state index in [9.17, 15) is 0 Å². The van der Waals surface area contributed by atoms with E-state index >= 15 is 0 Å². The van der Waals surface area contributed by atoms with Gasteiger partial charge in [-0.3, -0.25) is 0 Å². The van der Waals surface area contributed by atoms with Gasteiger partial charge in [-0.2, -0.15) is 0 Å². The van der Waals surface area contributed by atoms with E-state index in [0.717, 1.165) is 17.1 Å². The smallest absolute Gasteiger partial charge is 0.249 e. The van der Waals surface area contributed by atoms with Crippen molar-refractivity contribution in [3.63, 3.8) is 0 Å². The van der Waals surface area contributed by atoms with Crippen molar-refractivity contribution in [2.45, 2.75) is 12.1 Å². The lowest BCUT2D eigenvalue weighted by Gasteiger charge is -2.32. The number of thiocarbonyl (C=S) groups is 1. The van der Waals surface area contributed by atoms with Crippen LogP contribution >= 0.6 is 20.7 Å². The fourth-order valence-electron chi connectivity index (χ4n) is 5.32. The van der Waals surface area contributed by atoms with Gasteiger partial charge in [0.15, 0.2) is 5.11 Å². The van der Waals surface area contributed by atoms with Gasteiger partial charge in [0.2, 0.25) is 8.45 Å². The van der Waals surface area contributed by atoms with Gasteiger partial charge >= 0.3 is 0 Å². The Hall–Kier alpha value is -4.22. The molecule has 210 valence electrons. The maximum atomic E-state index is 6.91. The summed E-state index contributed by atoms with van der Waals surface area (Å²) in [6, 6.07) is 52.8. The number of hydrogen-bond donors (Lipinski definition) is 2. The lowest BCUT2D eigenvalue weighted by Crippen LogP contribution is -2.31. The molecule has 0 bridgehead atoms. The van der Waals surface area contributed by atoms with Crippen LogP contribution in [-0.2, 0) is 4.52 Å². The first-order valence-corrected chi connectivity index (χ1v) is 15.7. The van der Waals surface area contributed by atoms with Gasteiger partial charge in [0.1, 0.15) is 0 Å². The van der Waals surface area contributed by atoms with E-state index in [1.54, 1.807) is 0 Å². The summed E-state index contributed by atoms with van der Waals surface area (Å²) in [6.07, 6.45) is 0. The summed E-state index contributed by atoms with van der Waals surface area (Å²) in [7, 11) is -1.27. The molecule has 6 rings (SSSR count). The lowest BCUT2D eigenvalue weighted by atomic mass is 9.92. The number of benzene rings is 5. The van der Waals surface area contributed by atoms with E-state index in [2.05, 4.69) is 141 Å². The molecule has 1 aliphatic rings. The quantitative estimate of drug-likeness (QED) is 0.102. The zero-order valence-corrected chi connectivity index (χ0v) is 24.9. The highest BCUT2D eigenvalue weighted by Gasteiger charge is 2.50. The second-order valence-corrected chi connectivity index (χ2v) is 11.9. The first-order valence-electron chi connectivity index (χ1n) is 14.1. The molecule has 2 atom stereocenters. The topological polar surface area (TPSA) is 39.8 Å². The third kappa shape index (κ3) is 6.32. The molecule has 5 aromatic carbocycles. The zero-order chi connectivity index (χ0) is 28.6. The minimum absolute atomic E-state index is 0.0242. The maximum Gasteiger partial charge on any atom is 0.249 e. The van der Waals surface area contributed by atoms with Gasteiger partial charge in [0.25, 0.3) is 0 Å². The molecule has 42 heavy (non-hydrogen) atoms. The molecule has 0 amide bonds. The highest BCUT2D eigenvalue weighted by atomic mass is 32.1. The average Bonchev–Trinajstić information content (AvgIpc) is 3.40. The highest BCUT2D eigenvalue weighted by Crippen LogP contribution is 2.67. The van der Waals surface area contributed by atoms with Crippen molar-refractivity contribution in [2.75, 3.05) is 27.8 Å². The number of anilines is 3. The van der Waals surface area contributed by atoms with E-state index in [-0.39, 0.29) is 12.1 Å². The normalized spacial score (nSPS) is 18.0. The molecular weight excluding hydrogens is 555 g/mol. The molecule has 1 heterocycles. The van der Waals surface area contributed by atoms with Crippen molar-refractivity contribution in [3.8, 4) is 0 Å². The minimum Gasteiger partial charge on any atom is -0.360 e. The van der Waals surface area contributed by atoms with Gasteiger partial charge in [0.05, 0.1) is 18.7 Å². The SMILES string of the molecule is S=C(NCCOP1N(c2ccccc2)C(c2ccccc2)C(c2ccccc2)N1c1ccccc1)Nc1ccccc1. The third-order valence-corrected chi connectivity index (χ3v) is 9.50. The zero-order valence-electron chi connectivity index (χ0n) is 23.2. The van der Waals surface area contributed by atoms with Crippen molar-refractivity contribution in [3.05, 3.63) is 163 Å². The van der Waals surface area contributed by atoms with Crippen molar-refractivity contribution in [1.82, 2.24) is 5.32 Å². The fourth-order valence-corrected chi connectivity index (χ4v) is 7.86. The first kappa shape index (κ1) is 27.9. The summed E-state index contributed by atoms with van der Waals surface area (Å²) in [5.41, 5.74) is 5.71. The van der Waals surface area contributed by atoms with Crippen LogP contribution in [0.3, 0.4) is 0 Å². The Morgan fingerprint density at radius 2 is 1.00 bits per heavy atom. The number of nitrogens with zero attached hydrogens (tertiary/aromatic N) is 2. The molecule has 7 heteroatoms. The molecular formula is C35H33N4OPS. The van der Waals surface area contributed by atoms with Crippen LogP contribution in [0.15, 0.2) is 152 Å². The molecule has 0 aliphatic carbocycles. The largest absolute Gasteiger partial charge is 0.360 e. The monoisotopic (exact) mass is 588 g/mol. The molecule has 1 aliphatic heterocycles. The van der Waals surface area contributed by atoms with E-state index in [1.165, 1.54) is 11.1 Å². The minimum atomic E-state index is -1.27. The molecule has 5 aromatic rings. The van der Waals surface area contributed by atoms with E-state index in [4.69, 9.17) is 16.7 Å². The van der Waals surface area contributed by atoms with Gasteiger partial charge in [-0.1, -0.05) is 115 Å². The van der Waals surface area contributed by atoms with Crippen LogP contribution < -0.4 is 20.0 Å². The van der Waals surface area contributed by atoms with Crippen molar-refractivity contribution in [1.29, 1.82) is 0 Å². The van der Waals surface area contributed by atoms with Crippen molar-refractivity contribution in [2.24, 2.45) is 0 Å². The van der Waals surface area contributed by atoms with Crippen molar-refractivity contribution < 1.29 is 4.52 Å². The maximum absolute atomic E-state index is 6.91. The molecule has 0 aromatic heterocycles. The molecule has 1 fully saturated rings. The Morgan fingerprint density at radius 3 is 1.45 bits per heavy atom. The Morgan fingerprint density at radius 1 is 0.595 bits per heavy atom. The molecule has 1 saturated heterocycles. The fraction of sp³-hybridized carbons (Fsp3) is 0.114. The van der Waals surface area contributed by atoms with Crippen LogP contribution in [0, 0.1) is 0 Å². The molecule has 0 radical (unpaired) electrons. The predicted molar refractivity (Wildman–Crippen MR) is 180 cm³/mol. The van der Waals surface area contributed by atoms with Crippen LogP contribution in [-0.4, -0.2) is 18.3 Å². The predicted octanol–water partition coefficient (Wildman–Crippen LogP) is 8.73. The van der Waals surface area contributed by atoms with Crippen LogP contribution in [0.2, 0.25) is 0 Å². The number of para-hydroxylation sites is 3. The van der Waals surface area contributed by atoms with Gasteiger partial charge in [0, 0.05) is 23.6 Å². The summed E-state index contributed by atoms with van der Waals surface area (Å²) in [6.45, 7) is 1.06. The second-order valence-electron chi connectivity index (χ2n) is 9.90. The summed E-state index contributed by atoms with van der Waals surface area (Å²) < 4.78 is 11.9. The van der Waals surface area contributed by atoms with Gasteiger partial charge in [-0.25, -0.2) is 0 Å². The summed E-state index contributed by atoms with van der Waals surface area (Å²) >= 11 is 5.56. The van der Waals surface area contributed by atoms with Crippen LogP contribution in [0.4, 0.5) is 17.1 Å². The first-order chi connectivity index (χ1) is 20.8. The number of hydrogen-bond acceptors (Lipinski definition) is 4. The lowest BCUT2D eigenvalue weighted by molar-refractivity contribution is 0.356. The van der Waals surface area contributed by atoms with E-state index < -0.39 is 8.45 Å². The van der Waals surface area contributed by atoms with Crippen LogP contribution in [0.25, 0.3) is 0 Å². The number of nitrogens with one attached hydrogen (secondary N) is 2. The standard InChI is InChI=1S/C35H33N4OPS/c42-35(37-30-20-10-3-11-21-30)36-26-27-40-41-38(31-22-12-4-13-23-31)33(28-16-6-1-7-17-28)34(29-18-8-2-9-19-29)39(41)32-24-14-5-15-25-32/h1-25,33-34H,26-27H2,(H2,36,37,42). The summed E-state index contributed by atoms with van der Waals surface area (Å²) in [5.74, 6) is 0. The average molecular weight is 589 g/mol. The summed E-state index contributed by atoms with van der Waals surface area (Å²) in [4.78, 5) is 0. The summed E-state index contributed by atoms with van der Waals surface area (Å²) in [5, 5.41) is 7.14. The molecule has 2 unspecified atom stereocenters. The van der Waals surface area contributed by atoms with Gasteiger partial charge in [-0.15, -0.1) is 0 Å². The molecule has 0 saturated carbocycles. The molecule has 2 N–H and O–H groups in total. The number of rotatable bonds is 9. The Balaban J connectivity index is 1.36. The van der Waals surface area contributed by atoms with E-state index in [0.29, 0.717) is 18.3 Å². The Bertz CT molecular complexity index is 1460. The second kappa shape index (κ2) is 13.6. The third-order valence-electron chi connectivity index (χ3n) is 7.14. The Labute approximate surface area is 254 Å². The Kier molecular flexibility index (Phi) is 9.06. The molecule has 5 nitrogen and oxygen atoms in total. The van der Waals surface area contributed by atoms with Gasteiger partial charge < -0.3 is 24.5 Å². The van der Waals surface area contributed by atoms with E-state index in [1.807, 2.05) is 30.3 Å². The van der Waals surface area contributed by atoms with Crippen LogP contribution in [0.5, 0.6) is 0 Å².